The number of hydrogen-bond acceptors (Lipinski definition) is 2. The molecule has 2 N–H and O–H groups in total. The Bertz CT molecular complexity index is 306. The van der Waals surface area contributed by atoms with Crippen molar-refractivity contribution in [3.05, 3.63) is 34.9 Å². The highest BCUT2D eigenvalue weighted by Crippen LogP contribution is 2.12. The van der Waals surface area contributed by atoms with Crippen LogP contribution in [0.3, 0.4) is 0 Å². The number of nitrogens with two attached hydrogens (primary N) is 1. The van der Waals surface area contributed by atoms with Gasteiger partial charge in [0.15, 0.2) is 5.78 Å². The molecule has 0 heterocycles. The number of benzene rings is 1. The van der Waals surface area contributed by atoms with Crippen LogP contribution in [0.5, 0.6) is 0 Å². The molecule has 0 saturated carbocycles. The highest BCUT2D eigenvalue weighted by molar-refractivity contribution is 6.30. The van der Waals surface area contributed by atoms with Gasteiger partial charge in [0, 0.05) is 23.0 Å². The van der Waals surface area contributed by atoms with Gasteiger partial charge in [-0.05, 0) is 37.6 Å². The zero-order valence-corrected chi connectivity index (χ0v) is 8.92. The van der Waals surface area contributed by atoms with Gasteiger partial charge in [-0.1, -0.05) is 11.6 Å². The minimum Gasteiger partial charge on any atom is -0.328 e. The number of rotatable bonds is 4. The maximum absolute atomic E-state index is 11.6. The number of ketones is 1. The molecule has 2 nitrogen and oxygen atoms in total. The third-order valence-corrected chi connectivity index (χ3v) is 2.24. The third-order valence-electron chi connectivity index (χ3n) is 1.99. The zero-order chi connectivity index (χ0) is 10.6. The van der Waals surface area contributed by atoms with Gasteiger partial charge in [-0.25, -0.2) is 0 Å². The number of Topliss-reactive ketones (excluding diaryl/α,β-unsaturated/α-hetero) is 1. The molecule has 0 aliphatic heterocycles. The second-order valence-corrected chi connectivity index (χ2v) is 3.88. The van der Waals surface area contributed by atoms with Gasteiger partial charge in [0.05, 0.1) is 0 Å². The van der Waals surface area contributed by atoms with Crippen molar-refractivity contribution in [1.29, 1.82) is 0 Å². The molecule has 1 unspecified atom stereocenters. The normalized spacial score (nSPS) is 12.5. The Morgan fingerprint density at radius 1 is 1.43 bits per heavy atom. The summed E-state index contributed by atoms with van der Waals surface area (Å²) in [6.45, 7) is 1.90. The molecule has 1 aromatic carbocycles. The quantitative estimate of drug-likeness (QED) is 0.779. The molecule has 1 aromatic rings. The molecule has 3 heteroatoms. The van der Waals surface area contributed by atoms with Crippen LogP contribution in [0.15, 0.2) is 24.3 Å². The lowest BCUT2D eigenvalue weighted by Gasteiger charge is -2.03. The molecule has 0 bridgehead atoms. The van der Waals surface area contributed by atoms with E-state index >= 15 is 0 Å². The summed E-state index contributed by atoms with van der Waals surface area (Å²) in [5.74, 6) is 0.124. The Kier molecular flexibility index (Phi) is 4.11. The predicted molar refractivity (Wildman–Crippen MR) is 58.7 cm³/mol. The lowest BCUT2D eigenvalue weighted by atomic mass is 10.0. The van der Waals surface area contributed by atoms with E-state index in [0.29, 0.717) is 17.0 Å². The van der Waals surface area contributed by atoms with Crippen molar-refractivity contribution in [1.82, 2.24) is 0 Å². The van der Waals surface area contributed by atoms with Gasteiger partial charge < -0.3 is 5.73 Å². The van der Waals surface area contributed by atoms with Gasteiger partial charge in [0.2, 0.25) is 0 Å². The average molecular weight is 212 g/mol. The molecule has 0 aliphatic carbocycles. The average Bonchev–Trinajstić information content (AvgIpc) is 2.15. The number of hydrogen-bond donors (Lipinski definition) is 1. The van der Waals surface area contributed by atoms with Crippen molar-refractivity contribution >= 4 is 17.4 Å². The van der Waals surface area contributed by atoms with E-state index in [9.17, 15) is 4.79 Å². The van der Waals surface area contributed by atoms with Crippen LogP contribution < -0.4 is 5.73 Å². The van der Waals surface area contributed by atoms with Gasteiger partial charge >= 0.3 is 0 Å². The van der Waals surface area contributed by atoms with Crippen molar-refractivity contribution in [3.63, 3.8) is 0 Å². The van der Waals surface area contributed by atoms with Crippen molar-refractivity contribution in [2.75, 3.05) is 0 Å². The summed E-state index contributed by atoms with van der Waals surface area (Å²) in [6.07, 6.45) is 1.22. The van der Waals surface area contributed by atoms with Crippen LogP contribution in [0.4, 0.5) is 0 Å². The highest BCUT2D eigenvalue weighted by atomic mass is 35.5. The van der Waals surface area contributed by atoms with E-state index < -0.39 is 0 Å². The largest absolute Gasteiger partial charge is 0.328 e. The molecular weight excluding hydrogens is 198 g/mol. The van der Waals surface area contributed by atoms with E-state index in [1.165, 1.54) is 0 Å². The van der Waals surface area contributed by atoms with E-state index in [1.54, 1.807) is 24.3 Å². The summed E-state index contributed by atoms with van der Waals surface area (Å²) in [4.78, 5) is 11.6. The fourth-order valence-electron chi connectivity index (χ4n) is 1.14. The van der Waals surface area contributed by atoms with Gasteiger partial charge in [-0.3, -0.25) is 4.79 Å². The molecule has 76 valence electrons. The summed E-state index contributed by atoms with van der Waals surface area (Å²) in [7, 11) is 0. The molecule has 0 amide bonds. The van der Waals surface area contributed by atoms with Gasteiger partial charge in [-0.2, -0.15) is 0 Å². The van der Waals surface area contributed by atoms with Crippen LogP contribution in [0.2, 0.25) is 5.02 Å². The zero-order valence-electron chi connectivity index (χ0n) is 8.16. The molecule has 14 heavy (non-hydrogen) atoms. The van der Waals surface area contributed by atoms with Crippen molar-refractivity contribution in [3.8, 4) is 0 Å². The molecule has 1 atom stereocenters. The first-order chi connectivity index (χ1) is 6.59. The molecular formula is C11H14ClNO. The smallest absolute Gasteiger partial charge is 0.162 e. The predicted octanol–water partition coefficient (Wildman–Crippen LogP) is 2.65. The van der Waals surface area contributed by atoms with Crippen LogP contribution >= 0.6 is 11.6 Å². The van der Waals surface area contributed by atoms with Crippen LogP contribution in [-0.2, 0) is 0 Å². The van der Waals surface area contributed by atoms with E-state index in [1.807, 2.05) is 6.92 Å². The topological polar surface area (TPSA) is 43.1 Å². The van der Waals surface area contributed by atoms with Gasteiger partial charge in [0.25, 0.3) is 0 Å². The third kappa shape index (κ3) is 3.48. The van der Waals surface area contributed by atoms with E-state index in [2.05, 4.69) is 0 Å². The Balaban J connectivity index is 2.57. The number of carbonyl (C=O) groups is 1. The Morgan fingerprint density at radius 3 is 2.50 bits per heavy atom. The summed E-state index contributed by atoms with van der Waals surface area (Å²) in [6, 6.07) is 7.00. The first-order valence-corrected chi connectivity index (χ1v) is 5.01. The summed E-state index contributed by atoms with van der Waals surface area (Å²) in [5.41, 5.74) is 6.27. The first kappa shape index (κ1) is 11.2. The van der Waals surface area contributed by atoms with Crippen LogP contribution in [0.25, 0.3) is 0 Å². The van der Waals surface area contributed by atoms with E-state index in [0.717, 1.165) is 6.42 Å². The molecule has 0 radical (unpaired) electrons. The molecule has 1 rings (SSSR count). The van der Waals surface area contributed by atoms with Gasteiger partial charge in [0.1, 0.15) is 0 Å². The van der Waals surface area contributed by atoms with Crippen molar-refractivity contribution in [2.45, 2.75) is 25.8 Å². The maximum atomic E-state index is 11.6. The molecule has 0 aromatic heterocycles. The fraction of sp³-hybridized carbons (Fsp3) is 0.364. The highest BCUT2D eigenvalue weighted by Gasteiger charge is 2.06. The minimum absolute atomic E-state index is 0.0752. The van der Waals surface area contributed by atoms with Gasteiger partial charge in [-0.15, -0.1) is 0 Å². The van der Waals surface area contributed by atoms with Crippen molar-refractivity contribution < 1.29 is 4.79 Å². The molecule has 0 fully saturated rings. The minimum atomic E-state index is 0.0752. The van der Waals surface area contributed by atoms with Crippen molar-refractivity contribution in [2.24, 2.45) is 5.73 Å². The molecule has 0 saturated heterocycles. The Hall–Kier alpha value is -0.860. The SMILES string of the molecule is CC(N)CCC(=O)c1ccc(Cl)cc1. The number of carbonyl (C=O) groups excluding carboxylic acids is 1. The first-order valence-electron chi connectivity index (χ1n) is 4.64. The standard InChI is InChI=1S/C11H14ClNO/c1-8(13)2-7-11(14)9-3-5-10(12)6-4-9/h3-6,8H,2,7,13H2,1H3. The maximum Gasteiger partial charge on any atom is 0.162 e. The summed E-state index contributed by atoms with van der Waals surface area (Å²) < 4.78 is 0. The Labute approximate surface area is 89.1 Å². The lowest BCUT2D eigenvalue weighted by molar-refractivity contribution is 0.0978. The summed E-state index contributed by atoms with van der Waals surface area (Å²) >= 11 is 5.71. The molecule has 0 spiro atoms. The summed E-state index contributed by atoms with van der Waals surface area (Å²) in [5, 5.41) is 0.647. The molecule has 0 aliphatic rings. The second kappa shape index (κ2) is 5.13. The van der Waals surface area contributed by atoms with E-state index in [4.69, 9.17) is 17.3 Å². The monoisotopic (exact) mass is 211 g/mol. The number of halogens is 1. The lowest BCUT2D eigenvalue weighted by Crippen LogP contribution is -2.16. The van der Waals surface area contributed by atoms with Crippen LogP contribution in [-0.4, -0.2) is 11.8 Å². The van der Waals surface area contributed by atoms with Crippen LogP contribution in [0.1, 0.15) is 30.1 Å². The van der Waals surface area contributed by atoms with E-state index in [-0.39, 0.29) is 11.8 Å². The Morgan fingerprint density at radius 2 is 2.00 bits per heavy atom. The fourth-order valence-corrected chi connectivity index (χ4v) is 1.26. The van der Waals surface area contributed by atoms with Crippen LogP contribution in [0, 0.1) is 0 Å². The second-order valence-electron chi connectivity index (χ2n) is 3.45.